The van der Waals surface area contributed by atoms with Crippen molar-refractivity contribution in [3.05, 3.63) is 63.5 Å². The molecular weight excluding hydrogens is 384 g/mol. The van der Waals surface area contributed by atoms with Crippen molar-refractivity contribution >= 4 is 43.6 Å². The minimum absolute atomic E-state index is 1.13. The lowest BCUT2D eigenvalue weighted by molar-refractivity contribution is 0.896. The number of hydrogen-bond donors (Lipinski definition) is 0. The van der Waals surface area contributed by atoms with Gasteiger partial charge in [-0.05, 0) is 42.5 Å². The molecule has 0 N–H and O–H groups in total. The maximum atomic E-state index is 3.46. The second kappa shape index (κ2) is 10.5. The molecule has 0 aliphatic carbocycles. The summed E-state index contributed by atoms with van der Waals surface area (Å²) in [6, 6.07) is 18.4. The lowest BCUT2D eigenvalue weighted by atomic mass is 10.4. The summed E-state index contributed by atoms with van der Waals surface area (Å²) in [5, 5.41) is 0. The largest absolute Gasteiger partial charge is 0.126 e. The molecule has 0 radical (unpaired) electrons. The van der Waals surface area contributed by atoms with E-state index >= 15 is 0 Å². The van der Waals surface area contributed by atoms with E-state index in [4.69, 9.17) is 0 Å². The summed E-state index contributed by atoms with van der Waals surface area (Å²) in [6.45, 7) is 2.22. The van der Waals surface area contributed by atoms with Crippen LogP contribution in [-0.2, 0) is 0 Å². The Morgan fingerprint density at radius 3 is 2.11 bits per heavy atom. The normalized spacial score (nSPS) is 9.63. The van der Waals surface area contributed by atoms with Crippen LogP contribution in [0.2, 0.25) is 0 Å². The van der Waals surface area contributed by atoms with Gasteiger partial charge in [-0.1, -0.05) is 69.5 Å². The van der Waals surface area contributed by atoms with Crippen LogP contribution in [0, 0.1) is 0 Å². The highest BCUT2D eigenvalue weighted by Gasteiger charge is 1.93. The zero-order chi connectivity index (χ0) is 13.9. The van der Waals surface area contributed by atoms with Gasteiger partial charge >= 0.3 is 0 Å². The first kappa shape index (κ1) is 16.8. The molecule has 0 nitrogen and oxygen atoms in total. The predicted octanol–water partition coefficient (Wildman–Crippen LogP) is 6.79. The van der Waals surface area contributed by atoms with E-state index in [0.717, 1.165) is 4.47 Å². The Morgan fingerprint density at radius 1 is 0.895 bits per heavy atom. The zero-order valence-electron chi connectivity index (χ0n) is 11.0. The average Bonchev–Trinajstić information content (AvgIpc) is 2.41. The van der Waals surface area contributed by atoms with Gasteiger partial charge in [-0.3, -0.25) is 0 Å². The van der Waals surface area contributed by atoms with Crippen molar-refractivity contribution in [2.75, 3.05) is 5.75 Å². The van der Waals surface area contributed by atoms with Gasteiger partial charge in [0.05, 0.1) is 0 Å². The van der Waals surface area contributed by atoms with Crippen LogP contribution < -0.4 is 0 Å². The fourth-order valence-corrected chi connectivity index (χ4v) is 3.22. The Bertz CT molecular complexity index is 457. The van der Waals surface area contributed by atoms with Crippen molar-refractivity contribution in [1.82, 2.24) is 0 Å². The number of thioether (sulfide) groups is 1. The fraction of sp³-hybridized carbons (Fsp3) is 0.250. The molecule has 0 unspecified atom stereocenters. The van der Waals surface area contributed by atoms with Crippen molar-refractivity contribution in [1.29, 1.82) is 0 Å². The smallest absolute Gasteiger partial charge is 0.0186 e. The molecule has 0 saturated heterocycles. The summed E-state index contributed by atoms with van der Waals surface area (Å²) in [7, 11) is 0. The van der Waals surface area contributed by atoms with E-state index in [1.54, 1.807) is 0 Å². The Labute approximate surface area is 137 Å². The van der Waals surface area contributed by atoms with Crippen LogP contribution >= 0.6 is 43.6 Å². The molecule has 0 spiro atoms. The van der Waals surface area contributed by atoms with Crippen LogP contribution in [0.5, 0.6) is 0 Å². The highest BCUT2D eigenvalue weighted by Crippen LogP contribution is 2.22. The summed E-state index contributed by atoms with van der Waals surface area (Å²) in [5.74, 6) is 1.23. The van der Waals surface area contributed by atoms with E-state index in [-0.39, 0.29) is 0 Å². The van der Waals surface area contributed by atoms with E-state index in [2.05, 4.69) is 63.0 Å². The molecule has 102 valence electrons. The molecule has 0 amide bonds. The van der Waals surface area contributed by atoms with E-state index in [1.807, 2.05) is 42.1 Å². The molecule has 0 saturated carbocycles. The summed E-state index contributed by atoms with van der Waals surface area (Å²) in [6.07, 6.45) is 2.58. The van der Waals surface area contributed by atoms with Crippen LogP contribution in [0.3, 0.4) is 0 Å². The molecule has 3 heteroatoms. The third-order valence-corrected chi connectivity index (χ3v) is 4.40. The lowest BCUT2D eigenvalue weighted by Crippen LogP contribution is -1.77. The Balaban J connectivity index is 0.000000218. The molecule has 0 fully saturated rings. The summed E-state index contributed by atoms with van der Waals surface area (Å²) in [4.78, 5) is 1.36. The van der Waals surface area contributed by atoms with E-state index < -0.39 is 0 Å². The maximum absolute atomic E-state index is 3.46. The maximum Gasteiger partial charge on any atom is 0.0186 e. The van der Waals surface area contributed by atoms with Crippen LogP contribution in [-0.4, -0.2) is 5.75 Å². The zero-order valence-corrected chi connectivity index (χ0v) is 15.0. The van der Waals surface area contributed by atoms with Crippen LogP contribution in [0.25, 0.3) is 0 Å². The van der Waals surface area contributed by atoms with Gasteiger partial charge in [0.15, 0.2) is 0 Å². The van der Waals surface area contributed by atoms with Gasteiger partial charge < -0.3 is 0 Å². The van der Waals surface area contributed by atoms with Gasteiger partial charge in [0.2, 0.25) is 0 Å². The van der Waals surface area contributed by atoms with Gasteiger partial charge in [-0.2, -0.15) is 0 Å². The van der Waals surface area contributed by atoms with Gasteiger partial charge in [0.25, 0.3) is 0 Å². The number of rotatable bonds is 4. The summed E-state index contributed by atoms with van der Waals surface area (Å²) < 4.78 is 2.30. The highest BCUT2D eigenvalue weighted by atomic mass is 79.9. The minimum Gasteiger partial charge on any atom is -0.126 e. The Kier molecular flexibility index (Phi) is 9.31. The number of halogens is 2. The molecule has 2 aromatic rings. The third kappa shape index (κ3) is 8.51. The average molecular weight is 402 g/mol. The van der Waals surface area contributed by atoms with Crippen molar-refractivity contribution in [3.63, 3.8) is 0 Å². The first-order chi connectivity index (χ1) is 9.22. The third-order valence-electron chi connectivity index (χ3n) is 2.30. The molecule has 0 aliphatic rings. The van der Waals surface area contributed by atoms with Crippen molar-refractivity contribution < 1.29 is 0 Å². The Morgan fingerprint density at radius 2 is 1.58 bits per heavy atom. The SMILES string of the molecule is Brc1ccccc1.CCCCSc1cccc(Br)c1. The molecule has 0 aromatic heterocycles. The van der Waals surface area contributed by atoms with Crippen LogP contribution in [0.4, 0.5) is 0 Å². The van der Waals surface area contributed by atoms with E-state index in [9.17, 15) is 0 Å². The Hall–Kier alpha value is -0.250. The minimum atomic E-state index is 1.13. The highest BCUT2D eigenvalue weighted by molar-refractivity contribution is 9.10. The van der Waals surface area contributed by atoms with Gasteiger partial charge in [0.1, 0.15) is 0 Å². The van der Waals surface area contributed by atoms with Gasteiger partial charge in [0, 0.05) is 13.8 Å². The standard InChI is InChI=1S/C10H13BrS.C6H5Br/c1-2-3-7-12-10-6-4-5-9(11)8-10;7-6-4-2-1-3-5-6/h4-6,8H,2-3,7H2,1H3;1-5H. The van der Waals surface area contributed by atoms with Crippen molar-refractivity contribution in [2.24, 2.45) is 0 Å². The molecule has 2 rings (SSSR count). The summed E-state index contributed by atoms with van der Waals surface area (Å²) >= 11 is 8.70. The van der Waals surface area contributed by atoms with Crippen molar-refractivity contribution in [3.8, 4) is 0 Å². The topological polar surface area (TPSA) is 0 Å². The van der Waals surface area contributed by atoms with Crippen LogP contribution in [0.1, 0.15) is 19.8 Å². The molecule has 19 heavy (non-hydrogen) atoms. The number of unbranched alkanes of at least 4 members (excludes halogenated alkanes) is 1. The second-order valence-electron chi connectivity index (χ2n) is 3.95. The molecule has 2 aromatic carbocycles. The molecule has 0 bridgehead atoms. The molecule has 0 aliphatic heterocycles. The predicted molar refractivity (Wildman–Crippen MR) is 93.9 cm³/mol. The first-order valence-electron chi connectivity index (χ1n) is 6.31. The first-order valence-corrected chi connectivity index (χ1v) is 8.88. The fourth-order valence-electron chi connectivity index (χ4n) is 1.31. The van der Waals surface area contributed by atoms with E-state index in [0.29, 0.717) is 0 Å². The quantitative estimate of drug-likeness (QED) is 0.401. The van der Waals surface area contributed by atoms with Crippen LogP contribution in [0.15, 0.2) is 68.4 Å². The second-order valence-corrected chi connectivity index (χ2v) is 6.95. The molecule has 0 atom stereocenters. The number of benzene rings is 2. The monoisotopic (exact) mass is 400 g/mol. The molecular formula is C16H18Br2S. The van der Waals surface area contributed by atoms with E-state index in [1.165, 1.54) is 28.0 Å². The van der Waals surface area contributed by atoms with Gasteiger partial charge in [-0.15, -0.1) is 11.8 Å². The van der Waals surface area contributed by atoms with Gasteiger partial charge in [-0.25, -0.2) is 0 Å². The van der Waals surface area contributed by atoms with Crippen molar-refractivity contribution in [2.45, 2.75) is 24.7 Å². The lowest BCUT2D eigenvalue weighted by Gasteiger charge is -1.99. The number of hydrogen-bond acceptors (Lipinski definition) is 1. The summed E-state index contributed by atoms with van der Waals surface area (Å²) in [5.41, 5.74) is 0. The molecule has 0 heterocycles.